The van der Waals surface area contributed by atoms with Gasteiger partial charge in [-0.15, -0.1) is 11.3 Å². The minimum absolute atomic E-state index is 0.0133. The number of urea groups is 1. The predicted octanol–water partition coefficient (Wildman–Crippen LogP) is 1.19. The summed E-state index contributed by atoms with van der Waals surface area (Å²) in [5.41, 5.74) is 0. The zero-order valence-corrected chi connectivity index (χ0v) is 12.5. The SMILES string of the molecule is O=C(NCCc1ccc(Br)s1)N[C@H](CCO)C(=O)O. The van der Waals surface area contributed by atoms with Crippen molar-refractivity contribution in [2.75, 3.05) is 13.2 Å². The lowest BCUT2D eigenvalue weighted by Crippen LogP contribution is -2.46. The quantitative estimate of drug-likeness (QED) is 0.593. The van der Waals surface area contributed by atoms with E-state index >= 15 is 0 Å². The van der Waals surface area contributed by atoms with E-state index in [1.807, 2.05) is 12.1 Å². The van der Waals surface area contributed by atoms with Crippen LogP contribution in [-0.4, -0.2) is 41.4 Å². The summed E-state index contributed by atoms with van der Waals surface area (Å²) in [6.45, 7) is 0.130. The van der Waals surface area contributed by atoms with E-state index in [0.29, 0.717) is 13.0 Å². The van der Waals surface area contributed by atoms with Crippen molar-refractivity contribution in [2.24, 2.45) is 0 Å². The van der Waals surface area contributed by atoms with Crippen molar-refractivity contribution >= 4 is 39.3 Å². The summed E-state index contributed by atoms with van der Waals surface area (Å²) >= 11 is 4.93. The summed E-state index contributed by atoms with van der Waals surface area (Å²) in [5, 5.41) is 22.4. The minimum atomic E-state index is -1.16. The van der Waals surface area contributed by atoms with E-state index in [1.54, 1.807) is 11.3 Å². The maximum Gasteiger partial charge on any atom is 0.326 e. The number of aliphatic hydroxyl groups is 1. The summed E-state index contributed by atoms with van der Waals surface area (Å²) in [5.74, 6) is -1.16. The third-order valence-corrected chi connectivity index (χ3v) is 3.99. The number of carbonyl (C=O) groups is 2. The van der Waals surface area contributed by atoms with Crippen molar-refractivity contribution in [2.45, 2.75) is 18.9 Å². The first-order chi connectivity index (χ1) is 9.02. The van der Waals surface area contributed by atoms with E-state index in [0.717, 1.165) is 8.66 Å². The summed E-state index contributed by atoms with van der Waals surface area (Å²) in [6, 6.07) is 2.28. The Balaban J connectivity index is 2.28. The number of thiophene rings is 1. The lowest BCUT2D eigenvalue weighted by Gasteiger charge is -2.13. The molecule has 0 unspecified atom stereocenters. The van der Waals surface area contributed by atoms with Crippen LogP contribution in [0.2, 0.25) is 0 Å². The van der Waals surface area contributed by atoms with E-state index < -0.39 is 18.0 Å². The van der Waals surface area contributed by atoms with Crippen LogP contribution in [0.15, 0.2) is 15.9 Å². The van der Waals surface area contributed by atoms with E-state index in [4.69, 9.17) is 10.2 Å². The second-order valence-electron chi connectivity index (χ2n) is 3.76. The molecule has 0 saturated heterocycles. The lowest BCUT2D eigenvalue weighted by molar-refractivity contribution is -0.139. The van der Waals surface area contributed by atoms with Gasteiger partial charge in [-0.25, -0.2) is 9.59 Å². The van der Waals surface area contributed by atoms with Gasteiger partial charge in [0.1, 0.15) is 6.04 Å². The van der Waals surface area contributed by atoms with Crippen LogP contribution in [0.25, 0.3) is 0 Å². The lowest BCUT2D eigenvalue weighted by atomic mass is 10.2. The first-order valence-corrected chi connectivity index (χ1v) is 7.26. The van der Waals surface area contributed by atoms with E-state index in [9.17, 15) is 9.59 Å². The highest BCUT2D eigenvalue weighted by atomic mass is 79.9. The molecular weight excluding hydrogens is 336 g/mol. The molecule has 1 atom stereocenters. The number of rotatable bonds is 7. The molecule has 106 valence electrons. The molecule has 0 aliphatic heterocycles. The molecule has 1 aromatic heterocycles. The van der Waals surface area contributed by atoms with Crippen molar-refractivity contribution in [1.82, 2.24) is 10.6 Å². The van der Waals surface area contributed by atoms with Crippen molar-refractivity contribution in [3.05, 3.63) is 20.8 Å². The molecule has 0 aliphatic rings. The van der Waals surface area contributed by atoms with Crippen LogP contribution in [0.5, 0.6) is 0 Å². The smallest absolute Gasteiger partial charge is 0.326 e. The van der Waals surface area contributed by atoms with Crippen LogP contribution >= 0.6 is 27.3 Å². The molecule has 6 nitrogen and oxygen atoms in total. The third-order valence-electron chi connectivity index (χ3n) is 2.31. The van der Waals surface area contributed by atoms with E-state index in [1.165, 1.54) is 0 Å². The molecule has 1 heterocycles. The molecule has 0 radical (unpaired) electrons. The van der Waals surface area contributed by atoms with Crippen LogP contribution < -0.4 is 10.6 Å². The zero-order chi connectivity index (χ0) is 14.3. The first kappa shape index (κ1) is 15.9. The topological polar surface area (TPSA) is 98.7 Å². The van der Waals surface area contributed by atoms with Crippen LogP contribution in [-0.2, 0) is 11.2 Å². The minimum Gasteiger partial charge on any atom is -0.480 e. The van der Waals surface area contributed by atoms with Gasteiger partial charge in [-0.3, -0.25) is 0 Å². The fraction of sp³-hybridized carbons (Fsp3) is 0.455. The molecule has 0 aliphatic carbocycles. The molecule has 0 spiro atoms. The summed E-state index contributed by atoms with van der Waals surface area (Å²) in [4.78, 5) is 23.3. The number of nitrogens with one attached hydrogen (secondary N) is 2. The van der Waals surface area contributed by atoms with E-state index in [2.05, 4.69) is 26.6 Å². The van der Waals surface area contributed by atoms with Gasteiger partial charge in [0.25, 0.3) is 0 Å². The number of halogens is 1. The van der Waals surface area contributed by atoms with Gasteiger partial charge in [-0.05, 0) is 34.5 Å². The molecule has 2 amide bonds. The summed E-state index contributed by atoms with van der Waals surface area (Å²) in [7, 11) is 0. The monoisotopic (exact) mass is 350 g/mol. The van der Waals surface area contributed by atoms with Crippen LogP contribution in [0.3, 0.4) is 0 Å². The highest BCUT2D eigenvalue weighted by molar-refractivity contribution is 9.11. The molecule has 0 aromatic carbocycles. The average Bonchev–Trinajstić information content (AvgIpc) is 2.74. The Morgan fingerprint density at radius 2 is 2.16 bits per heavy atom. The Morgan fingerprint density at radius 3 is 2.68 bits per heavy atom. The number of carbonyl (C=O) groups excluding carboxylic acids is 1. The van der Waals surface area contributed by atoms with Crippen molar-refractivity contribution < 1.29 is 19.8 Å². The van der Waals surface area contributed by atoms with Gasteiger partial charge in [0.15, 0.2) is 0 Å². The van der Waals surface area contributed by atoms with Crippen molar-refractivity contribution in [3.8, 4) is 0 Å². The van der Waals surface area contributed by atoms with Crippen LogP contribution in [0.1, 0.15) is 11.3 Å². The molecule has 1 rings (SSSR count). The van der Waals surface area contributed by atoms with Crippen LogP contribution in [0.4, 0.5) is 4.79 Å². The summed E-state index contributed by atoms with van der Waals surface area (Å²) < 4.78 is 1.03. The maximum absolute atomic E-state index is 11.5. The second-order valence-corrected chi connectivity index (χ2v) is 6.31. The highest BCUT2D eigenvalue weighted by Crippen LogP contribution is 2.21. The standard InChI is InChI=1S/C11H15BrN2O4S/c12-9-2-1-7(19-9)3-5-13-11(18)14-8(4-6-15)10(16)17/h1-2,8,15H,3-6H2,(H,16,17)(H2,13,14,18)/t8-/m1/s1. The number of carboxylic acids is 1. The average molecular weight is 351 g/mol. The molecule has 0 bridgehead atoms. The van der Waals surface area contributed by atoms with Gasteiger partial charge in [0, 0.05) is 24.4 Å². The molecule has 4 N–H and O–H groups in total. The molecular formula is C11H15BrN2O4S. The Kier molecular flexibility index (Phi) is 6.82. The maximum atomic E-state index is 11.5. The number of hydrogen-bond acceptors (Lipinski definition) is 4. The van der Waals surface area contributed by atoms with Gasteiger partial charge in [-0.1, -0.05) is 0 Å². The number of carboxylic acid groups (broad SMARTS) is 1. The second kappa shape index (κ2) is 8.13. The normalized spacial score (nSPS) is 11.9. The Labute approximate surface area is 123 Å². The first-order valence-electron chi connectivity index (χ1n) is 5.65. The number of amides is 2. The predicted molar refractivity (Wildman–Crippen MR) is 75.4 cm³/mol. The van der Waals surface area contributed by atoms with E-state index in [-0.39, 0.29) is 13.0 Å². The van der Waals surface area contributed by atoms with Crippen LogP contribution in [0, 0.1) is 0 Å². The van der Waals surface area contributed by atoms with Gasteiger partial charge in [0.2, 0.25) is 0 Å². The Hall–Kier alpha value is -1.12. The van der Waals surface area contributed by atoms with Crippen molar-refractivity contribution in [1.29, 1.82) is 0 Å². The molecule has 19 heavy (non-hydrogen) atoms. The fourth-order valence-corrected chi connectivity index (χ4v) is 2.86. The Morgan fingerprint density at radius 1 is 1.42 bits per heavy atom. The number of aliphatic hydroxyl groups excluding tert-OH is 1. The van der Waals surface area contributed by atoms with Gasteiger partial charge in [0.05, 0.1) is 3.79 Å². The van der Waals surface area contributed by atoms with Gasteiger partial charge < -0.3 is 20.8 Å². The van der Waals surface area contributed by atoms with Gasteiger partial charge >= 0.3 is 12.0 Å². The fourth-order valence-electron chi connectivity index (χ4n) is 1.38. The highest BCUT2D eigenvalue weighted by Gasteiger charge is 2.18. The largest absolute Gasteiger partial charge is 0.480 e. The number of aliphatic carboxylic acids is 1. The summed E-state index contributed by atoms with van der Waals surface area (Å²) in [6.07, 6.45) is 0.669. The Bertz CT molecular complexity index is 438. The van der Waals surface area contributed by atoms with Gasteiger partial charge in [-0.2, -0.15) is 0 Å². The molecule has 0 fully saturated rings. The molecule has 1 aromatic rings. The molecule has 8 heteroatoms. The van der Waals surface area contributed by atoms with Crippen molar-refractivity contribution in [3.63, 3.8) is 0 Å². The number of hydrogen-bond donors (Lipinski definition) is 4. The zero-order valence-electron chi connectivity index (χ0n) is 10.1. The third kappa shape index (κ3) is 6.04. The molecule has 0 saturated carbocycles.